The second-order valence-electron chi connectivity index (χ2n) is 7.17. The standard InChI is InChI=1S/C22H29N2O3P/c1-15-13-20(14-16(2)23-15)27-12-10-18-5-7-19(8-6-18)17(3)21(9-11-25)22(26)24(4)28/h5-8,11,13-14,17,21H,9-10,12,28H2,1-4H3. The van der Waals surface area contributed by atoms with Gasteiger partial charge in [-0.1, -0.05) is 31.2 Å². The first-order valence-electron chi connectivity index (χ1n) is 9.44. The molecule has 0 aliphatic carbocycles. The molecule has 0 aliphatic heterocycles. The molecule has 150 valence electrons. The van der Waals surface area contributed by atoms with Crippen molar-refractivity contribution in [3.8, 4) is 5.75 Å². The molecule has 0 spiro atoms. The van der Waals surface area contributed by atoms with Gasteiger partial charge in [0.25, 0.3) is 0 Å². The zero-order valence-corrected chi connectivity index (χ0v) is 18.2. The molecule has 3 atom stereocenters. The number of benzene rings is 1. The maximum atomic E-state index is 12.4. The monoisotopic (exact) mass is 400 g/mol. The number of hydrogen-bond acceptors (Lipinski definition) is 4. The third kappa shape index (κ3) is 6.13. The van der Waals surface area contributed by atoms with Gasteiger partial charge in [0, 0.05) is 43.4 Å². The molecule has 1 heterocycles. The quantitative estimate of drug-likeness (QED) is 0.474. The van der Waals surface area contributed by atoms with Gasteiger partial charge in [-0.15, -0.1) is 0 Å². The molecule has 0 aliphatic rings. The van der Waals surface area contributed by atoms with E-state index in [4.69, 9.17) is 4.74 Å². The number of pyridine rings is 1. The Labute approximate surface area is 169 Å². The van der Waals surface area contributed by atoms with E-state index in [1.807, 2.05) is 45.0 Å². The SMILES string of the molecule is Cc1cc(OCCc2ccc(C(C)C(CC=O)C(=O)N(C)P)cc2)cc(C)n1. The van der Waals surface area contributed by atoms with Gasteiger partial charge in [0.2, 0.25) is 5.91 Å². The van der Waals surface area contributed by atoms with Crippen molar-refractivity contribution < 1.29 is 14.3 Å². The molecule has 5 nitrogen and oxygen atoms in total. The molecule has 0 saturated carbocycles. The highest BCUT2D eigenvalue weighted by Crippen LogP contribution is 2.29. The summed E-state index contributed by atoms with van der Waals surface area (Å²) in [7, 11) is 4.05. The molecule has 0 radical (unpaired) electrons. The molecule has 1 aromatic carbocycles. The summed E-state index contributed by atoms with van der Waals surface area (Å²) in [5.74, 6) is 0.401. The Morgan fingerprint density at radius 2 is 1.82 bits per heavy atom. The van der Waals surface area contributed by atoms with Crippen molar-refractivity contribution in [1.82, 2.24) is 9.65 Å². The van der Waals surface area contributed by atoms with Crippen LogP contribution < -0.4 is 4.74 Å². The fraction of sp³-hybridized carbons (Fsp3) is 0.409. The number of aryl methyl sites for hydroxylation is 2. The number of hydrogen-bond donors (Lipinski definition) is 0. The summed E-state index contributed by atoms with van der Waals surface area (Å²) in [5, 5.41) is 0. The maximum Gasteiger partial charge on any atom is 0.229 e. The lowest BCUT2D eigenvalue weighted by Gasteiger charge is -2.24. The third-order valence-electron chi connectivity index (χ3n) is 4.84. The average Bonchev–Trinajstić information content (AvgIpc) is 2.65. The van der Waals surface area contributed by atoms with E-state index in [0.29, 0.717) is 6.61 Å². The Balaban J connectivity index is 1.97. The van der Waals surface area contributed by atoms with Gasteiger partial charge < -0.3 is 14.2 Å². The molecule has 0 fully saturated rings. The fourth-order valence-corrected chi connectivity index (χ4v) is 3.46. The van der Waals surface area contributed by atoms with E-state index >= 15 is 0 Å². The molecular weight excluding hydrogens is 371 g/mol. The Hall–Kier alpha value is -2.26. The minimum absolute atomic E-state index is 0.0335. The zero-order valence-electron chi connectivity index (χ0n) is 17.0. The average molecular weight is 400 g/mol. The zero-order chi connectivity index (χ0) is 20.7. The second kappa shape index (κ2) is 10.3. The third-order valence-corrected chi connectivity index (χ3v) is 5.09. The lowest BCUT2D eigenvalue weighted by Crippen LogP contribution is -2.29. The number of carbonyl (C=O) groups is 2. The normalized spacial score (nSPS) is 12.9. The Kier molecular flexibility index (Phi) is 8.13. The maximum absolute atomic E-state index is 12.4. The fourth-order valence-electron chi connectivity index (χ4n) is 3.27. The van der Waals surface area contributed by atoms with Crippen molar-refractivity contribution in [3.63, 3.8) is 0 Å². The summed E-state index contributed by atoms with van der Waals surface area (Å²) in [4.78, 5) is 27.7. The van der Waals surface area contributed by atoms with Gasteiger partial charge in [-0.05, 0) is 40.3 Å². The van der Waals surface area contributed by atoms with Crippen molar-refractivity contribution in [2.24, 2.45) is 5.92 Å². The first-order valence-corrected chi connectivity index (χ1v) is 9.96. The van der Waals surface area contributed by atoms with Crippen LogP contribution in [0.25, 0.3) is 0 Å². The summed E-state index contributed by atoms with van der Waals surface area (Å²) in [6.07, 6.45) is 1.83. The highest BCUT2D eigenvalue weighted by Gasteiger charge is 2.27. The molecule has 28 heavy (non-hydrogen) atoms. The van der Waals surface area contributed by atoms with Gasteiger partial charge >= 0.3 is 0 Å². The van der Waals surface area contributed by atoms with E-state index in [-0.39, 0.29) is 24.2 Å². The van der Waals surface area contributed by atoms with Crippen molar-refractivity contribution in [2.75, 3.05) is 13.7 Å². The summed E-state index contributed by atoms with van der Waals surface area (Å²) >= 11 is 0. The Morgan fingerprint density at radius 3 is 2.36 bits per heavy atom. The van der Waals surface area contributed by atoms with E-state index in [0.717, 1.165) is 35.4 Å². The van der Waals surface area contributed by atoms with Gasteiger partial charge in [0.1, 0.15) is 12.0 Å². The van der Waals surface area contributed by atoms with E-state index in [9.17, 15) is 9.59 Å². The van der Waals surface area contributed by atoms with Crippen LogP contribution in [0.5, 0.6) is 5.75 Å². The van der Waals surface area contributed by atoms with Crippen LogP contribution >= 0.6 is 9.39 Å². The lowest BCUT2D eigenvalue weighted by molar-refractivity contribution is -0.131. The lowest BCUT2D eigenvalue weighted by atomic mass is 9.84. The summed E-state index contributed by atoms with van der Waals surface area (Å²) in [5.41, 5.74) is 4.12. The van der Waals surface area contributed by atoms with Crippen LogP contribution in [-0.2, 0) is 16.0 Å². The first-order chi connectivity index (χ1) is 13.3. The molecule has 6 heteroatoms. The molecule has 0 N–H and O–H groups in total. The minimum Gasteiger partial charge on any atom is -0.493 e. The second-order valence-corrected chi connectivity index (χ2v) is 7.95. The number of amides is 1. The molecule has 1 aromatic heterocycles. The molecule has 2 rings (SSSR count). The van der Waals surface area contributed by atoms with Crippen molar-refractivity contribution in [3.05, 3.63) is 58.9 Å². The van der Waals surface area contributed by atoms with Crippen LogP contribution in [0, 0.1) is 19.8 Å². The van der Waals surface area contributed by atoms with Gasteiger partial charge in [0.05, 0.1) is 12.5 Å². The predicted octanol–water partition coefficient (Wildman–Crippen LogP) is 3.88. The van der Waals surface area contributed by atoms with Gasteiger partial charge in [-0.3, -0.25) is 9.78 Å². The van der Waals surface area contributed by atoms with E-state index < -0.39 is 0 Å². The predicted molar refractivity (Wildman–Crippen MR) is 114 cm³/mol. The van der Waals surface area contributed by atoms with E-state index in [1.54, 1.807) is 7.05 Å². The smallest absolute Gasteiger partial charge is 0.229 e. The highest BCUT2D eigenvalue weighted by molar-refractivity contribution is 7.14. The number of nitrogens with zero attached hydrogens (tertiary/aromatic N) is 2. The van der Waals surface area contributed by atoms with Gasteiger partial charge in [0.15, 0.2) is 0 Å². The van der Waals surface area contributed by atoms with Crippen LogP contribution in [0.2, 0.25) is 0 Å². The van der Waals surface area contributed by atoms with Gasteiger partial charge in [-0.2, -0.15) is 0 Å². The number of aromatic nitrogens is 1. The van der Waals surface area contributed by atoms with Crippen molar-refractivity contribution >= 4 is 21.6 Å². The number of aldehydes is 1. The highest BCUT2D eigenvalue weighted by atomic mass is 31.0. The molecule has 3 unspecified atom stereocenters. The number of ether oxygens (including phenoxy) is 1. The molecule has 0 bridgehead atoms. The molecule has 2 aromatic rings. The Bertz CT molecular complexity index is 786. The van der Waals surface area contributed by atoms with Gasteiger partial charge in [-0.25, -0.2) is 0 Å². The Morgan fingerprint density at radius 1 is 1.21 bits per heavy atom. The van der Waals surface area contributed by atoms with Crippen LogP contribution in [0.15, 0.2) is 36.4 Å². The topological polar surface area (TPSA) is 59.5 Å². The van der Waals surface area contributed by atoms with Crippen LogP contribution in [0.3, 0.4) is 0 Å². The van der Waals surface area contributed by atoms with Crippen LogP contribution in [0.1, 0.15) is 41.8 Å². The molecule has 1 amide bonds. The molecular formula is C22H29N2O3P. The van der Waals surface area contributed by atoms with Crippen molar-refractivity contribution in [2.45, 2.75) is 39.5 Å². The number of rotatable bonds is 9. The number of carbonyl (C=O) groups excluding carboxylic acids is 2. The summed E-state index contributed by atoms with van der Waals surface area (Å²) in [6, 6.07) is 12.1. The van der Waals surface area contributed by atoms with E-state index in [2.05, 4.69) is 26.5 Å². The first kappa shape index (κ1) is 22.0. The van der Waals surface area contributed by atoms with Crippen molar-refractivity contribution in [1.29, 1.82) is 0 Å². The summed E-state index contributed by atoms with van der Waals surface area (Å²) < 4.78 is 7.32. The minimum atomic E-state index is -0.354. The molecule has 0 saturated heterocycles. The van der Waals surface area contributed by atoms with Crippen LogP contribution in [0.4, 0.5) is 0 Å². The summed E-state index contributed by atoms with van der Waals surface area (Å²) in [6.45, 7) is 6.49. The largest absolute Gasteiger partial charge is 0.493 e. The van der Waals surface area contributed by atoms with E-state index in [1.165, 1.54) is 10.2 Å². The van der Waals surface area contributed by atoms with Crippen LogP contribution in [-0.4, -0.2) is 35.5 Å².